The van der Waals surface area contributed by atoms with Gasteiger partial charge >= 0.3 is 0 Å². The van der Waals surface area contributed by atoms with Crippen LogP contribution in [0, 0.1) is 5.41 Å². The molecule has 0 aromatic rings. The maximum atomic E-state index is 5.66. The van der Waals surface area contributed by atoms with Gasteiger partial charge in [-0.2, -0.15) is 0 Å². The molecule has 104 valence electrons. The molecule has 0 fully saturated rings. The molecule has 0 spiro atoms. The summed E-state index contributed by atoms with van der Waals surface area (Å²) >= 11 is 0. The molecule has 0 aliphatic rings. The number of nitrogens with two attached hydrogens (primary N) is 1. The van der Waals surface area contributed by atoms with E-state index < -0.39 is 0 Å². The number of ether oxygens (including phenoxy) is 3. The Labute approximate surface area is 106 Å². The van der Waals surface area contributed by atoms with Crippen LogP contribution in [0.5, 0.6) is 0 Å². The lowest BCUT2D eigenvalue weighted by Gasteiger charge is -2.21. The van der Waals surface area contributed by atoms with Crippen molar-refractivity contribution in [2.45, 2.75) is 33.1 Å². The molecule has 17 heavy (non-hydrogen) atoms. The van der Waals surface area contributed by atoms with Gasteiger partial charge in [0.05, 0.1) is 13.2 Å². The zero-order chi connectivity index (χ0) is 13.0. The first-order valence-corrected chi connectivity index (χ1v) is 6.47. The molecule has 0 heterocycles. The molecule has 0 rings (SSSR count). The first-order valence-electron chi connectivity index (χ1n) is 6.47. The van der Waals surface area contributed by atoms with Crippen molar-refractivity contribution in [3.8, 4) is 0 Å². The van der Waals surface area contributed by atoms with Crippen molar-refractivity contribution in [3.63, 3.8) is 0 Å². The fourth-order valence-electron chi connectivity index (χ4n) is 1.36. The SMILES string of the molecule is COCCOCCCOCCCC(C)(C)CN. The van der Waals surface area contributed by atoms with Gasteiger partial charge in [0, 0.05) is 26.9 Å². The van der Waals surface area contributed by atoms with E-state index >= 15 is 0 Å². The minimum atomic E-state index is 0.243. The van der Waals surface area contributed by atoms with Crippen LogP contribution in [0.2, 0.25) is 0 Å². The highest BCUT2D eigenvalue weighted by molar-refractivity contribution is 4.68. The molecular formula is C13H29NO3. The molecule has 0 bridgehead atoms. The molecule has 0 saturated carbocycles. The number of rotatable bonds is 12. The second kappa shape index (κ2) is 11.0. The van der Waals surface area contributed by atoms with Crippen molar-refractivity contribution in [2.24, 2.45) is 11.1 Å². The predicted molar refractivity (Wildman–Crippen MR) is 70.2 cm³/mol. The second-order valence-corrected chi connectivity index (χ2v) is 5.04. The van der Waals surface area contributed by atoms with E-state index in [0.717, 1.165) is 45.6 Å². The van der Waals surface area contributed by atoms with Crippen LogP contribution < -0.4 is 5.73 Å². The smallest absolute Gasteiger partial charge is 0.0700 e. The number of methoxy groups -OCH3 is 1. The van der Waals surface area contributed by atoms with E-state index in [1.807, 2.05) is 0 Å². The van der Waals surface area contributed by atoms with Crippen molar-refractivity contribution >= 4 is 0 Å². The predicted octanol–water partition coefficient (Wildman–Crippen LogP) is 1.82. The quantitative estimate of drug-likeness (QED) is 0.534. The normalized spacial score (nSPS) is 12.0. The minimum absolute atomic E-state index is 0.243. The topological polar surface area (TPSA) is 53.7 Å². The third-order valence-electron chi connectivity index (χ3n) is 2.70. The highest BCUT2D eigenvalue weighted by Crippen LogP contribution is 2.19. The Hall–Kier alpha value is -0.160. The van der Waals surface area contributed by atoms with Crippen molar-refractivity contribution in [1.82, 2.24) is 0 Å². The zero-order valence-electron chi connectivity index (χ0n) is 11.7. The lowest BCUT2D eigenvalue weighted by Crippen LogP contribution is -2.23. The van der Waals surface area contributed by atoms with Gasteiger partial charge in [0.25, 0.3) is 0 Å². The van der Waals surface area contributed by atoms with E-state index in [1.165, 1.54) is 0 Å². The molecule has 0 aromatic carbocycles. The monoisotopic (exact) mass is 247 g/mol. The van der Waals surface area contributed by atoms with Crippen LogP contribution in [0.15, 0.2) is 0 Å². The van der Waals surface area contributed by atoms with Crippen molar-refractivity contribution in [1.29, 1.82) is 0 Å². The lowest BCUT2D eigenvalue weighted by atomic mass is 9.88. The van der Waals surface area contributed by atoms with Gasteiger partial charge in [-0.1, -0.05) is 13.8 Å². The summed E-state index contributed by atoms with van der Waals surface area (Å²) in [6.45, 7) is 8.79. The number of hydrogen-bond acceptors (Lipinski definition) is 4. The third-order valence-corrected chi connectivity index (χ3v) is 2.70. The molecule has 2 N–H and O–H groups in total. The van der Waals surface area contributed by atoms with Crippen LogP contribution in [0.1, 0.15) is 33.1 Å². The summed E-state index contributed by atoms with van der Waals surface area (Å²) in [4.78, 5) is 0. The molecule has 0 unspecified atom stereocenters. The Morgan fingerprint density at radius 1 is 0.882 bits per heavy atom. The van der Waals surface area contributed by atoms with E-state index in [0.29, 0.717) is 13.2 Å². The Morgan fingerprint density at radius 2 is 1.47 bits per heavy atom. The Balaban J connectivity index is 3.09. The molecule has 0 atom stereocenters. The van der Waals surface area contributed by atoms with E-state index in [4.69, 9.17) is 19.9 Å². The number of hydrogen-bond donors (Lipinski definition) is 1. The lowest BCUT2D eigenvalue weighted by molar-refractivity contribution is 0.0498. The van der Waals surface area contributed by atoms with Gasteiger partial charge in [-0.05, 0) is 31.2 Å². The molecule has 4 nitrogen and oxygen atoms in total. The maximum absolute atomic E-state index is 5.66. The fraction of sp³-hybridized carbons (Fsp3) is 1.00. The van der Waals surface area contributed by atoms with E-state index in [9.17, 15) is 0 Å². The van der Waals surface area contributed by atoms with Crippen LogP contribution in [0.25, 0.3) is 0 Å². The molecule has 4 heteroatoms. The fourth-order valence-corrected chi connectivity index (χ4v) is 1.36. The Kier molecular flexibility index (Phi) is 10.9. The molecule has 0 radical (unpaired) electrons. The van der Waals surface area contributed by atoms with Gasteiger partial charge < -0.3 is 19.9 Å². The van der Waals surface area contributed by atoms with Gasteiger partial charge in [0.1, 0.15) is 0 Å². The highest BCUT2D eigenvalue weighted by Gasteiger charge is 2.14. The van der Waals surface area contributed by atoms with Gasteiger partial charge in [-0.25, -0.2) is 0 Å². The summed E-state index contributed by atoms with van der Waals surface area (Å²) in [6.07, 6.45) is 3.15. The van der Waals surface area contributed by atoms with E-state index in [-0.39, 0.29) is 5.41 Å². The first kappa shape index (κ1) is 16.8. The standard InChI is InChI=1S/C13H29NO3/c1-13(2,12-14)6-4-7-16-8-5-9-17-11-10-15-3/h4-12,14H2,1-3H3. The second-order valence-electron chi connectivity index (χ2n) is 5.04. The third kappa shape index (κ3) is 12.1. The molecular weight excluding hydrogens is 218 g/mol. The summed E-state index contributed by atoms with van der Waals surface area (Å²) in [6, 6.07) is 0. The summed E-state index contributed by atoms with van der Waals surface area (Å²) in [7, 11) is 1.68. The highest BCUT2D eigenvalue weighted by atomic mass is 16.5. The van der Waals surface area contributed by atoms with Crippen LogP contribution in [-0.2, 0) is 14.2 Å². The van der Waals surface area contributed by atoms with Crippen LogP contribution in [0.3, 0.4) is 0 Å². The van der Waals surface area contributed by atoms with Gasteiger partial charge in [-0.3, -0.25) is 0 Å². The average molecular weight is 247 g/mol. The molecule has 0 aliphatic heterocycles. The summed E-state index contributed by atoms with van der Waals surface area (Å²) in [5.41, 5.74) is 5.90. The molecule has 0 aliphatic carbocycles. The van der Waals surface area contributed by atoms with Crippen LogP contribution >= 0.6 is 0 Å². The zero-order valence-corrected chi connectivity index (χ0v) is 11.7. The molecule has 0 amide bonds. The molecule has 0 aromatic heterocycles. The first-order chi connectivity index (χ1) is 8.12. The molecule has 0 saturated heterocycles. The van der Waals surface area contributed by atoms with Crippen LogP contribution in [-0.4, -0.2) is 46.7 Å². The average Bonchev–Trinajstić information content (AvgIpc) is 2.31. The summed E-state index contributed by atoms with van der Waals surface area (Å²) < 4.78 is 15.7. The Morgan fingerprint density at radius 3 is 2.06 bits per heavy atom. The van der Waals surface area contributed by atoms with Gasteiger partial charge in [0.15, 0.2) is 0 Å². The Bertz CT molecular complexity index is 163. The van der Waals surface area contributed by atoms with Crippen molar-refractivity contribution in [3.05, 3.63) is 0 Å². The van der Waals surface area contributed by atoms with E-state index in [1.54, 1.807) is 7.11 Å². The minimum Gasteiger partial charge on any atom is -0.382 e. The summed E-state index contributed by atoms with van der Waals surface area (Å²) in [5.74, 6) is 0. The largest absolute Gasteiger partial charge is 0.382 e. The van der Waals surface area contributed by atoms with Crippen molar-refractivity contribution < 1.29 is 14.2 Å². The maximum Gasteiger partial charge on any atom is 0.0700 e. The van der Waals surface area contributed by atoms with E-state index in [2.05, 4.69) is 13.8 Å². The van der Waals surface area contributed by atoms with Gasteiger partial charge in [0.2, 0.25) is 0 Å². The van der Waals surface area contributed by atoms with Crippen LogP contribution in [0.4, 0.5) is 0 Å². The summed E-state index contributed by atoms with van der Waals surface area (Å²) in [5, 5.41) is 0. The van der Waals surface area contributed by atoms with Gasteiger partial charge in [-0.15, -0.1) is 0 Å². The van der Waals surface area contributed by atoms with Crippen molar-refractivity contribution in [2.75, 3.05) is 46.7 Å².